The molecule has 0 saturated heterocycles. The minimum Gasteiger partial charge on any atom is -0.496 e. The van der Waals surface area contributed by atoms with Crippen molar-refractivity contribution in [2.45, 2.75) is 6.54 Å². The van der Waals surface area contributed by atoms with E-state index < -0.39 is 0 Å². The second-order valence-electron chi connectivity index (χ2n) is 3.13. The van der Waals surface area contributed by atoms with Crippen LogP contribution in [0.3, 0.4) is 0 Å². The maximum atomic E-state index is 5.24. The number of nitrogens with zero attached hydrogens (tertiary/aromatic N) is 1. The Balaban J connectivity index is 1.99. The summed E-state index contributed by atoms with van der Waals surface area (Å²) in [6.45, 7) is 0.732. The Morgan fingerprint density at radius 2 is 2.31 bits per heavy atom. The van der Waals surface area contributed by atoms with Gasteiger partial charge in [0.2, 0.25) is 0 Å². The number of rotatable bonds is 4. The number of hydrogen-bond acceptors (Lipinski definition) is 4. The first kappa shape index (κ1) is 11.4. The van der Waals surface area contributed by atoms with E-state index in [2.05, 4.69) is 26.2 Å². The topological polar surface area (TPSA) is 34.1 Å². The molecule has 2 heterocycles. The average molecular weight is 299 g/mol. The maximum Gasteiger partial charge on any atom is 0.134 e. The first-order chi connectivity index (χ1) is 7.79. The molecule has 2 rings (SSSR count). The second kappa shape index (κ2) is 5.32. The van der Waals surface area contributed by atoms with Crippen molar-refractivity contribution in [3.8, 4) is 5.75 Å². The maximum absolute atomic E-state index is 5.24. The van der Waals surface area contributed by atoms with Crippen molar-refractivity contribution in [1.82, 2.24) is 4.98 Å². The number of aromatic nitrogens is 1. The Hall–Kier alpha value is -1.07. The molecule has 0 aliphatic rings. The largest absolute Gasteiger partial charge is 0.496 e. The lowest BCUT2D eigenvalue weighted by molar-refractivity contribution is 0.413. The van der Waals surface area contributed by atoms with Crippen LogP contribution in [0.4, 0.5) is 5.82 Å². The van der Waals surface area contributed by atoms with Crippen molar-refractivity contribution in [2.75, 3.05) is 12.4 Å². The van der Waals surface area contributed by atoms with Gasteiger partial charge in [-0.1, -0.05) is 0 Å². The number of halogens is 1. The van der Waals surface area contributed by atoms with E-state index in [4.69, 9.17) is 4.74 Å². The molecule has 2 aromatic heterocycles. The molecule has 0 amide bonds. The van der Waals surface area contributed by atoms with Crippen LogP contribution in [-0.2, 0) is 6.54 Å². The monoisotopic (exact) mass is 298 g/mol. The summed E-state index contributed by atoms with van der Waals surface area (Å²) in [5.74, 6) is 1.79. The van der Waals surface area contributed by atoms with Gasteiger partial charge in [-0.3, -0.25) is 0 Å². The third-order valence-corrected chi connectivity index (χ3v) is 3.45. The van der Waals surface area contributed by atoms with E-state index in [1.165, 1.54) is 4.88 Å². The molecule has 0 bridgehead atoms. The summed E-state index contributed by atoms with van der Waals surface area (Å²) in [5, 5.41) is 5.27. The zero-order valence-electron chi connectivity index (χ0n) is 8.74. The van der Waals surface area contributed by atoms with Crippen LogP contribution in [0.2, 0.25) is 0 Å². The summed E-state index contributed by atoms with van der Waals surface area (Å²) in [4.78, 5) is 5.41. The van der Waals surface area contributed by atoms with Crippen LogP contribution >= 0.6 is 27.3 Å². The fourth-order valence-corrected chi connectivity index (χ4v) is 2.30. The molecule has 0 aromatic carbocycles. The summed E-state index contributed by atoms with van der Waals surface area (Å²) < 4.78 is 6.21. The Kier molecular flexibility index (Phi) is 3.79. The van der Waals surface area contributed by atoms with Gasteiger partial charge in [0.1, 0.15) is 11.6 Å². The molecule has 2 aromatic rings. The number of hydrogen-bond donors (Lipinski definition) is 1. The molecule has 1 N–H and O–H groups in total. The Morgan fingerprint density at radius 1 is 1.44 bits per heavy atom. The van der Waals surface area contributed by atoms with Crippen LogP contribution in [-0.4, -0.2) is 12.1 Å². The smallest absolute Gasteiger partial charge is 0.134 e. The molecular weight excluding hydrogens is 288 g/mol. The minimum atomic E-state index is 0.732. The molecule has 84 valence electrons. The fourth-order valence-electron chi connectivity index (χ4n) is 1.29. The molecule has 0 atom stereocenters. The Morgan fingerprint density at radius 3 is 3.00 bits per heavy atom. The fraction of sp³-hybridized carbons (Fsp3) is 0.182. The molecule has 5 heteroatoms. The molecule has 0 spiro atoms. The van der Waals surface area contributed by atoms with Crippen LogP contribution in [0.25, 0.3) is 0 Å². The van der Waals surface area contributed by atoms with Crippen molar-refractivity contribution in [3.63, 3.8) is 0 Å². The Labute approximate surface area is 107 Å². The lowest BCUT2D eigenvalue weighted by atomic mass is 10.4. The van der Waals surface area contributed by atoms with E-state index in [0.717, 1.165) is 22.6 Å². The average Bonchev–Trinajstić information content (AvgIpc) is 2.76. The highest BCUT2D eigenvalue weighted by atomic mass is 79.9. The molecule has 0 unspecified atom stereocenters. The van der Waals surface area contributed by atoms with Crippen LogP contribution in [0, 0.1) is 0 Å². The number of anilines is 1. The van der Waals surface area contributed by atoms with E-state index in [9.17, 15) is 0 Å². The van der Waals surface area contributed by atoms with Crippen molar-refractivity contribution < 1.29 is 4.74 Å². The van der Waals surface area contributed by atoms with E-state index in [1.54, 1.807) is 24.6 Å². The van der Waals surface area contributed by atoms with Crippen molar-refractivity contribution >= 4 is 33.1 Å². The van der Waals surface area contributed by atoms with Gasteiger partial charge in [0, 0.05) is 10.7 Å². The minimum absolute atomic E-state index is 0.732. The molecule has 0 fully saturated rings. The van der Waals surface area contributed by atoms with E-state index >= 15 is 0 Å². The van der Waals surface area contributed by atoms with E-state index in [-0.39, 0.29) is 0 Å². The van der Waals surface area contributed by atoms with Gasteiger partial charge in [-0.05, 0) is 39.5 Å². The zero-order chi connectivity index (χ0) is 11.4. The first-order valence-corrected chi connectivity index (χ1v) is 6.42. The number of pyridine rings is 1. The Bertz CT molecular complexity index is 455. The lowest BCUT2D eigenvalue weighted by Crippen LogP contribution is -2.00. The van der Waals surface area contributed by atoms with Gasteiger partial charge in [0.05, 0.1) is 18.5 Å². The highest BCUT2D eigenvalue weighted by Crippen LogP contribution is 2.25. The molecule has 16 heavy (non-hydrogen) atoms. The van der Waals surface area contributed by atoms with Gasteiger partial charge >= 0.3 is 0 Å². The predicted octanol–water partition coefficient (Wildman–Crippen LogP) is 3.53. The zero-order valence-corrected chi connectivity index (χ0v) is 11.1. The first-order valence-electron chi connectivity index (χ1n) is 4.75. The van der Waals surface area contributed by atoms with Crippen LogP contribution in [0.5, 0.6) is 5.75 Å². The summed E-state index contributed by atoms with van der Waals surface area (Å²) in [5.41, 5.74) is 0. The number of nitrogens with one attached hydrogen (secondary N) is 1. The van der Waals surface area contributed by atoms with Gasteiger partial charge in [-0.2, -0.15) is 0 Å². The summed E-state index contributed by atoms with van der Waals surface area (Å²) in [6, 6.07) is 5.86. The van der Waals surface area contributed by atoms with Crippen LogP contribution < -0.4 is 10.1 Å². The number of thiophene rings is 1. The predicted molar refractivity (Wildman–Crippen MR) is 70.1 cm³/mol. The standard InChI is InChI=1S/C11H11BrN2OS/c1-15-9-4-5-16-10(9)7-14-11-3-2-8(12)6-13-11/h2-6H,7H2,1H3,(H,13,14). The van der Waals surface area contributed by atoms with Crippen molar-refractivity contribution in [2.24, 2.45) is 0 Å². The molecule has 0 saturated carbocycles. The lowest BCUT2D eigenvalue weighted by Gasteiger charge is -2.05. The summed E-state index contributed by atoms with van der Waals surface area (Å²) >= 11 is 5.02. The third-order valence-electron chi connectivity index (χ3n) is 2.08. The van der Waals surface area contributed by atoms with Crippen LogP contribution in [0.1, 0.15) is 4.88 Å². The highest BCUT2D eigenvalue weighted by molar-refractivity contribution is 9.10. The molecule has 0 aliphatic carbocycles. The second-order valence-corrected chi connectivity index (χ2v) is 5.04. The number of ether oxygens (including phenoxy) is 1. The van der Waals surface area contributed by atoms with Gasteiger partial charge < -0.3 is 10.1 Å². The summed E-state index contributed by atoms with van der Waals surface area (Å²) in [7, 11) is 1.68. The van der Waals surface area contributed by atoms with Gasteiger partial charge in [0.15, 0.2) is 0 Å². The molecular formula is C11H11BrN2OS. The number of methoxy groups -OCH3 is 1. The van der Waals surface area contributed by atoms with Gasteiger partial charge in [-0.25, -0.2) is 4.98 Å². The quantitative estimate of drug-likeness (QED) is 0.938. The van der Waals surface area contributed by atoms with Crippen LogP contribution in [0.15, 0.2) is 34.2 Å². The van der Waals surface area contributed by atoms with E-state index in [1.807, 2.05) is 23.6 Å². The summed E-state index contributed by atoms with van der Waals surface area (Å²) in [6.07, 6.45) is 1.77. The molecule has 0 radical (unpaired) electrons. The van der Waals surface area contributed by atoms with E-state index in [0.29, 0.717) is 0 Å². The third kappa shape index (κ3) is 2.74. The van der Waals surface area contributed by atoms with Gasteiger partial charge in [-0.15, -0.1) is 11.3 Å². The SMILES string of the molecule is COc1ccsc1CNc1ccc(Br)cn1. The molecule has 0 aliphatic heterocycles. The highest BCUT2D eigenvalue weighted by Gasteiger charge is 2.03. The van der Waals surface area contributed by atoms with Crippen molar-refractivity contribution in [1.29, 1.82) is 0 Å². The normalized spacial score (nSPS) is 10.1. The molecule has 3 nitrogen and oxygen atoms in total. The van der Waals surface area contributed by atoms with Crippen molar-refractivity contribution in [3.05, 3.63) is 39.1 Å². The van der Waals surface area contributed by atoms with Gasteiger partial charge in [0.25, 0.3) is 0 Å².